The van der Waals surface area contributed by atoms with Gasteiger partial charge in [-0.3, -0.25) is 4.79 Å². The fraction of sp³-hybridized carbons (Fsp3) is 0.353. The van der Waals surface area contributed by atoms with Crippen LogP contribution in [0.15, 0.2) is 34.9 Å². The van der Waals surface area contributed by atoms with Gasteiger partial charge in [-0.15, -0.1) is 0 Å². The number of benzene rings is 1. The van der Waals surface area contributed by atoms with Crippen LogP contribution in [0.5, 0.6) is 5.75 Å². The van der Waals surface area contributed by atoms with Crippen molar-refractivity contribution >= 4 is 11.9 Å². The molecule has 0 aliphatic rings. The minimum atomic E-state index is -0.870. The van der Waals surface area contributed by atoms with Crippen molar-refractivity contribution in [3.63, 3.8) is 0 Å². The molecule has 2 rings (SSSR count). The molecule has 8 heteroatoms. The first-order valence-electron chi connectivity index (χ1n) is 7.92. The number of phenols is 1. The van der Waals surface area contributed by atoms with Crippen LogP contribution in [0.2, 0.25) is 0 Å². The number of nitrogens with one attached hydrogen (secondary N) is 2. The SMILES string of the molecule is CC(C)c1cc(CNC(=O)N[C@@H](Cc2ccc(O)cc2)C(N)=O)on1. The van der Waals surface area contributed by atoms with E-state index in [1.807, 2.05) is 13.8 Å². The van der Waals surface area contributed by atoms with E-state index in [1.165, 1.54) is 12.1 Å². The van der Waals surface area contributed by atoms with Crippen LogP contribution in [0.3, 0.4) is 0 Å². The molecular formula is C17H22N4O4. The number of rotatable bonds is 7. The van der Waals surface area contributed by atoms with Gasteiger partial charge in [-0.2, -0.15) is 0 Å². The van der Waals surface area contributed by atoms with Crippen LogP contribution in [-0.2, 0) is 17.8 Å². The molecule has 0 saturated heterocycles. The third-order valence-corrected chi connectivity index (χ3v) is 3.62. The Morgan fingerprint density at radius 2 is 1.96 bits per heavy atom. The lowest BCUT2D eigenvalue weighted by Gasteiger charge is -2.16. The Morgan fingerprint density at radius 3 is 2.52 bits per heavy atom. The zero-order valence-electron chi connectivity index (χ0n) is 14.2. The van der Waals surface area contributed by atoms with Gasteiger partial charge in [0.05, 0.1) is 12.2 Å². The van der Waals surface area contributed by atoms with E-state index in [2.05, 4.69) is 15.8 Å². The zero-order chi connectivity index (χ0) is 18.4. The maximum absolute atomic E-state index is 12.0. The molecule has 0 saturated carbocycles. The first-order valence-corrected chi connectivity index (χ1v) is 7.92. The molecule has 0 unspecified atom stereocenters. The molecule has 2 aromatic rings. The third kappa shape index (κ3) is 5.52. The number of carbonyl (C=O) groups excluding carboxylic acids is 2. The smallest absolute Gasteiger partial charge is 0.315 e. The molecule has 0 spiro atoms. The van der Waals surface area contributed by atoms with Gasteiger partial charge in [0.15, 0.2) is 5.76 Å². The lowest BCUT2D eigenvalue weighted by atomic mass is 10.1. The second-order valence-electron chi connectivity index (χ2n) is 6.03. The molecule has 134 valence electrons. The van der Waals surface area contributed by atoms with E-state index < -0.39 is 18.0 Å². The van der Waals surface area contributed by atoms with Crippen LogP contribution in [0.1, 0.15) is 36.8 Å². The monoisotopic (exact) mass is 346 g/mol. The first kappa shape index (κ1) is 18.3. The number of amides is 3. The lowest BCUT2D eigenvalue weighted by Crippen LogP contribution is -2.49. The van der Waals surface area contributed by atoms with Gasteiger partial charge in [0.2, 0.25) is 5.91 Å². The number of hydrogen-bond acceptors (Lipinski definition) is 5. The van der Waals surface area contributed by atoms with E-state index in [-0.39, 0.29) is 24.6 Å². The van der Waals surface area contributed by atoms with Gasteiger partial charge in [-0.05, 0) is 23.6 Å². The van der Waals surface area contributed by atoms with E-state index >= 15 is 0 Å². The summed E-state index contributed by atoms with van der Waals surface area (Å²) < 4.78 is 5.13. The highest BCUT2D eigenvalue weighted by atomic mass is 16.5. The molecule has 1 aromatic carbocycles. The Kier molecular flexibility index (Phi) is 5.99. The average Bonchev–Trinajstić information content (AvgIpc) is 3.03. The molecule has 1 aromatic heterocycles. The molecule has 0 bridgehead atoms. The van der Waals surface area contributed by atoms with Crippen molar-refractivity contribution in [3.8, 4) is 5.75 Å². The Labute approximate surface area is 145 Å². The van der Waals surface area contributed by atoms with Gasteiger partial charge in [0.1, 0.15) is 11.8 Å². The standard InChI is InChI=1S/C17H22N4O4/c1-10(2)14-8-13(25-21-14)9-19-17(24)20-15(16(18)23)7-11-3-5-12(22)6-4-11/h3-6,8,10,15,22H,7,9H2,1-2H3,(H2,18,23)(H2,19,20,24)/t15-/m0/s1. The van der Waals surface area contributed by atoms with E-state index in [9.17, 15) is 14.7 Å². The average molecular weight is 346 g/mol. The number of nitrogens with zero attached hydrogens (tertiary/aromatic N) is 1. The summed E-state index contributed by atoms with van der Waals surface area (Å²) in [5, 5.41) is 18.3. The van der Waals surface area contributed by atoms with Crippen molar-refractivity contribution < 1.29 is 19.2 Å². The highest BCUT2D eigenvalue weighted by Crippen LogP contribution is 2.14. The minimum absolute atomic E-state index is 0.123. The van der Waals surface area contributed by atoms with Crippen LogP contribution in [0.25, 0.3) is 0 Å². The fourth-order valence-corrected chi connectivity index (χ4v) is 2.15. The molecule has 1 heterocycles. The Bertz CT molecular complexity index is 725. The quantitative estimate of drug-likeness (QED) is 0.602. The zero-order valence-corrected chi connectivity index (χ0v) is 14.2. The highest BCUT2D eigenvalue weighted by Gasteiger charge is 2.19. The molecule has 5 N–H and O–H groups in total. The van der Waals surface area contributed by atoms with Crippen molar-refractivity contribution in [2.45, 2.75) is 38.8 Å². The molecule has 25 heavy (non-hydrogen) atoms. The third-order valence-electron chi connectivity index (χ3n) is 3.62. The second kappa shape index (κ2) is 8.18. The number of nitrogens with two attached hydrogens (primary N) is 1. The Balaban J connectivity index is 1.88. The summed E-state index contributed by atoms with van der Waals surface area (Å²) in [6, 6.07) is 6.69. The molecular weight excluding hydrogens is 324 g/mol. The fourth-order valence-electron chi connectivity index (χ4n) is 2.15. The molecule has 1 atom stereocenters. The van der Waals surface area contributed by atoms with Gasteiger partial charge in [-0.25, -0.2) is 4.79 Å². The molecule has 0 aliphatic heterocycles. The summed E-state index contributed by atoms with van der Waals surface area (Å²) in [6.07, 6.45) is 0.225. The van der Waals surface area contributed by atoms with Crippen LogP contribution in [0.4, 0.5) is 4.79 Å². The Morgan fingerprint density at radius 1 is 1.28 bits per heavy atom. The Hall–Kier alpha value is -3.03. The maximum Gasteiger partial charge on any atom is 0.315 e. The normalized spacial score (nSPS) is 12.0. The van der Waals surface area contributed by atoms with Gasteiger partial charge in [0.25, 0.3) is 0 Å². The number of aromatic nitrogens is 1. The van der Waals surface area contributed by atoms with Crippen LogP contribution in [-0.4, -0.2) is 28.2 Å². The molecule has 0 fully saturated rings. The van der Waals surface area contributed by atoms with Crippen molar-refractivity contribution in [1.29, 1.82) is 0 Å². The van der Waals surface area contributed by atoms with Crippen molar-refractivity contribution in [3.05, 3.63) is 47.3 Å². The summed E-state index contributed by atoms with van der Waals surface area (Å²) in [6.45, 7) is 4.13. The largest absolute Gasteiger partial charge is 0.508 e. The predicted octanol–water partition coefficient (Wildman–Crippen LogP) is 1.40. The number of primary amides is 1. The van der Waals surface area contributed by atoms with Gasteiger partial charge >= 0.3 is 6.03 Å². The van der Waals surface area contributed by atoms with Gasteiger partial charge in [-0.1, -0.05) is 31.1 Å². The minimum Gasteiger partial charge on any atom is -0.508 e. The predicted molar refractivity (Wildman–Crippen MR) is 90.8 cm³/mol. The molecule has 0 aliphatic carbocycles. The number of carbonyl (C=O) groups is 2. The number of aromatic hydroxyl groups is 1. The number of urea groups is 1. The topological polar surface area (TPSA) is 130 Å². The van der Waals surface area contributed by atoms with E-state index in [1.54, 1.807) is 18.2 Å². The maximum atomic E-state index is 12.0. The van der Waals surface area contributed by atoms with E-state index in [0.717, 1.165) is 11.3 Å². The summed E-state index contributed by atoms with van der Waals surface area (Å²) in [7, 11) is 0. The summed E-state index contributed by atoms with van der Waals surface area (Å²) >= 11 is 0. The van der Waals surface area contributed by atoms with Crippen LogP contribution in [0, 0.1) is 0 Å². The summed E-state index contributed by atoms with van der Waals surface area (Å²) in [4.78, 5) is 23.5. The van der Waals surface area contributed by atoms with Crippen molar-refractivity contribution in [2.75, 3.05) is 0 Å². The van der Waals surface area contributed by atoms with Crippen LogP contribution >= 0.6 is 0 Å². The lowest BCUT2D eigenvalue weighted by molar-refractivity contribution is -0.119. The second-order valence-corrected chi connectivity index (χ2v) is 6.03. The molecule has 3 amide bonds. The first-order chi connectivity index (χ1) is 11.8. The summed E-state index contributed by atoms with van der Waals surface area (Å²) in [5.41, 5.74) is 6.92. The number of phenolic OH excluding ortho intramolecular Hbond substituents is 1. The van der Waals surface area contributed by atoms with E-state index in [4.69, 9.17) is 10.3 Å². The summed E-state index contributed by atoms with van der Waals surface area (Å²) in [5.74, 6) is 0.228. The molecule has 8 nitrogen and oxygen atoms in total. The highest BCUT2D eigenvalue weighted by molar-refractivity contribution is 5.86. The van der Waals surface area contributed by atoms with Gasteiger partial charge < -0.3 is 26.0 Å². The van der Waals surface area contributed by atoms with Gasteiger partial charge in [0, 0.05) is 12.5 Å². The number of hydrogen-bond donors (Lipinski definition) is 4. The van der Waals surface area contributed by atoms with Crippen molar-refractivity contribution in [2.24, 2.45) is 5.73 Å². The van der Waals surface area contributed by atoms with E-state index in [0.29, 0.717) is 5.76 Å². The molecule has 0 radical (unpaired) electrons. The van der Waals surface area contributed by atoms with Crippen LogP contribution < -0.4 is 16.4 Å². The van der Waals surface area contributed by atoms with Crippen molar-refractivity contribution in [1.82, 2.24) is 15.8 Å².